The summed E-state index contributed by atoms with van der Waals surface area (Å²) < 4.78 is 4.89. The molecule has 0 aliphatic carbocycles. The number of benzene rings is 1. The number of aromatic hydroxyl groups is 1. The van der Waals surface area contributed by atoms with Crippen LogP contribution in [0.5, 0.6) is 11.5 Å². The average molecular weight is 192 g/mol. The zero-order valence-corrected chi connectivity index (χ0v) is 8.15. The first-order chi connectivity index (χ1) is 6.72. The lowest BCUT2D eigenvalue weighted by Crippen LogP contribution is -1.90. The van der Waals surface area contributed by atoms with Crippen LogP contribution in [0.3, 0.4) is 0 Å². The van der Waals surface area contributed by atoms with E-state index in [0.717, 1.165) is 6.29 Å². The highest BCUT2D eigenvalue weighted by atomic mass is 16.5. The Balaban J connectivity index is 3.30. The van der Waals surface area contributed by atoms with Crippen LogP contribution in [0.15, 0.2) is 18.2 Å². The highest BCUT2D eigenvalue weighted by molar-refractivity contribution is 5.83. The number of phenols is 1. The second kappa shape index (κ2) is 4.46. The van der Waals surface area contributed by atoms with Crippen LogP contribution in [0, 0.1) is 0 Å². The van der Waals surface area contributed by atoms with Gasteiger partial charge in [-0.25, -0.2) is 0 Å². The number of carbonyl (C=O) groups is 1. The molecule has 0 radical (unpaired) electrons. The van der Waals surface area contributed by atoms with Gasteiger partial charge in [-0.15, -0.1) is 0 Å². The second-order valence-corrected chi connectivity index (χ2v) is 2.77. The van der Waals surface area contributed by atoms with Gasteiger partial charge in [-0.2, -0.15) is 0 Å². The van der Waals surface area contributed by atoms with Gasteiger partial charge in [0.2, 0.25) is 0 Å². The number of phenolic OH excluding ortho intramolecular Hbond substituents is 1. The Morgan fingerprint density at radius 1 is 1.36 bits per heavy atom. The minimum atomic E-state index is 0.0335. The van der Waals surface area contributed by atoms with Gasteiger partial charge in [-0.05, 0) is 24.6 Å². The molecule has 0 aliphatic heterocycles. The Morgan fingerprint density at radius 3 is 2.57 bits per heavy atom. The van der Waals surface area contributed by atoms with Gasteiger partial charge < -0.3 is 9.84 Å². The number of rotatable bonds is 3. The van der Waals surface area contributed by atoms with Gasteiger partial charge in [-0.1, -0.05) is 12.2 Å². The van der Waals surface area contributed by atoms with Crippen LogP contribution < -0.4 is 4.74 Å². The Hall–Kier alpha value is -1.77. The molecule has 3 nitrogen and oxygen atoms in total. The molecule has 1 N–H and O–H groups in total. The maximum absolute atomic E-state index is 10.7. The predicted octanol–water partition coefficient (Wildman–Crippen LogP) is 2.25. The van der Waals surface area contributed by atoms with Crippen LogP contribution in [0.4, 0.5) is 0 Å². The van der Waals surface area contributed by atoms with Gasteiger partial charge in [0, 0.05) is 5.56 Å². The summed E-state index contributed by atoms with van der Waals surface area (Å²) in [5, 5.41) is 9.46. The predicted molar refractivity (Wildman–Crippen MR) is 54.8 cm³/mol. The Labute approximate surface area is 82.6 Å². The van der Waals surface area contributed by atoms with Gasteiger partial charge >= 0.3 is 0 Å². The number of hydrogen-bond donors (Lipinski definition) is 1. The third-order valence-electron chi connectivity index (χ3n) is 1.86. The summed E-state index contributed by atoms with van der Waals surface area (Å²) in [6, 6.07) is 3.01. The van der Waals surface area contributed by atoms with Crippen LogP contribution in [-0.4, -0.2) is 18.5 Å². The molecule has 0 unspecified atom stereocenters. The highest BCUT2D eigenvalue weighted by Crippen LogP contribution is 2.29. The molecule has 74 valence electrons. The minimum absolute atomic E-state index is 0.0335. The molecular formula is C11H12O3. The molecule has 0 fully saturated rings. The van der Waals surface area contributed by atoms with Crippen molar-refractivity contribution < 1.29 is 14.6 Å². The summed E-state index contributed by atoms with van der Waals surface area (Å²) >= 11 is 0. The normalized spacial score (nSPS) is 10.4. The number of aldehydes is 1. The quantitative estimate of drug-likeness (QED) is 0.747. The molecule has 0 amide bonds. The molecule has 1 aromatic carbocycles. The van der Waals surface area contributed by atoms with Gasteiger partial charge in [0.05, 0.1) is 7.11 Å². The third-order valence-corrected chi connectivity index (χ3v) is 1.86. The fraction of sp³-hybridized carbons (Fsp3) is 0.182. The summed E-state index contributed by atoms with van der Waals surface area (Å²) in [6.07, 6.45) is 4.29. The minimum Gasteiger partial charge on any atom is -0.504 e. The van der Waals surface area contributed by atoms with Crippen LogP contribution >= 0.6 is 0 Å². The van der Waals surface area contributed by atoms with Gasteiger partial charge in [0.1, 0.15) is 0 Å². The van der Waals surface area contributed by atoms with E-state index in [1.165, 1.54) is 19.2 Å². The van der Waals surface area contributed by atoms with Crippen molar-refractivity contribution >= 4 is 12.4 Å². The van der Waals surface area contributed by atoms with E-state index >= 15 is 0 Å². The Kier molecular flexibility index (Phi) is 3.29. The smallest absolute Gasteiger partial charge is 0.161 e. The molecular weight excluding hydrogens is 180 g/mol. The highest BCUT2D eigenvalue weighted by Gasteiger charge is 2.06. The van der Waals surface area contributed by atoms with Crippen molar-refractivity contribution in [3.63, 3.8) is 0 Å². The largest absolute Gasteiger partial charge is 0.504 e. The molecule has 0 atom stereocenters. The lowest BCUT2D eigenvalue weighted by Gasteiger charge is -2.06. The van der Waals surface area contributed by atoms with Crippen LogP contribution in [0.1, 0.15) is 22.8 Å². The van der Waals surface area contributed by atoms with Gasteiger partial charge in [-0.3, -0.25) is 4.79 Å². The van der Waals surface area contributed by atoms with Crippen molar-refractivity contribution in [3.05, 3.63) is 29.3 Å². The summed E-state index contributed by atoms with van der Waals surface area (Å²) in [6.45, 7) is 1.84. The average Bonchev–Trinajstić information content (AvgIpc) is 2.19. The van der Waals surface area contributed by atoms with Gasteiger partial charge in [0.15, 0.2) is 17.8 Å². The number of carbonyl (C=O) groups excluding carboxylic acids is 1. The zero-order chi connectivity index (χ0) is 10.6. The molecule has 0 aromatic heterocycles. The number of ether oxygens (including phenoxy) is 1. The monoisotopic (exact) mass is 192 g/mol. The summed E-state index contributed by atoms with van der Waals surface area (Å²) in [4.78, 5) is 10.7. The molecule has 1 rings (SSSR count). The molecule has 0 heterocycles. The van der Waals surface area contributed by atoms with E-state index in [1.54, 1.807) is 12.2 Å². The van der Waals surface area contributed by atoms with Crippen LogP contribution in [0.25, 0.3) is 6.08 Å². The molecule has 0 bridgehead atoms. The maximum Gasteiger partial charge on any atom is 0.161 e. The molecule has 0 aliphatic rings. The summed E-state index contributed by atoms with van der Waals surface area (Å²) in [7, 11) is 1.44. The number of hydrogen-bond acceptors (Lipinski definition) is 3. The lowest BCUT2D eigenvalue weighted by molar-refractivity contribution is 0.112. The van der Waals surface area contributed by atoms with E-state index in [1.807, 2.05) is 6.92 Å². The number of allylic oxidation sites excluding steroid dienone is 1. The summed E-state index contributed by atoms with van der Waals surface area (Å²) in [5.41, 5.74) is 1.18. The first-order valence-corrected chi connectivity index (χ1v) is 4.21. The van der Waals surface area contributed by atoms with Gasteiger partial charge in [0.25, 0.3) is 0 Å². The fourth-order valence-corrected chi connectivity index (χ4v) is 1.19. The van der Waals surface area contributed by atoms with E-state index in [-0.39, 0.29) is 5.75 Å². The van der Waals surface area contributed by atoms with E-state index in [2.05, 4.69) is 0 Å². The van der Waals surface area contributed by atoms with Crippen LogP contribution in [-0.2, 0) is 0 Å². The first-order valence-electron chi connectivity index (χ1n) is 4.21. The van der Waals surface area contributed by atoms with Crippen molar-refractivity contribution in [1.29, 1.82) is 0 Å². The van der Waals surface area contributed by atoms with Crippen molar-refractivity contribution in [1.82, 2.24) is 0 Å². The molecule has 0 saturated heterocycles. The number of methoxy groups -OCH3 is 1. The van der Waals surface area contributed by atoms with Crippen molar-refractivity contribution in [3.8, 4) is 11.5 Å². The van der Waals surface area contributed by atoms with E-state index in [4.69, 9.17) is 4.74 Å². The van der Waals surface area contributed by atoms with E-state index in [9.17, 15) is 9.90 Å². The molecule has 14 heavy (non-hydrogen) atoms. The molecule has 1 aromatic rings. The standard InChI is InChI=1S/C11H12O3/c1-3-4-8-5-10(13)11(14-2)6-9(8)7-12/h3-7,13H,1-2H3/b4-3+. The SMILES string of the molecule is C/C=C/c1cc(O)c(OC)cc1C=O. The lowest BCUT2D eigenvalue weighted by atomic mass is 10.1. The van der Waals surface area contributed by atoms with Crippen molar-refractivity contribution in [2.24, 2.45) is 0 Å². The zero-order valence-electron chi connectivity index (χ0n) is 8.15. The van der Waals surface area contributed by atoms with E-state index < -0.39 is 0 Å². The molecule has 0 saturated carbocycles. The second-order valence-electron chi connectivity index (χ2n) is 2.77. The topological polar surface area (TPSA) is 46.5 Å². The van der Waals surface area contributed by atoms with Crippen LogP contribution in [0.2, 0.25) is 0 Å². The molecule has 0 spiro atoms. The van der Waals surface area contributed by atoms with Crippen molar-refractivity contribution in [2.75, 3.05) is 7.11 Å². The third kappa shape index (κ3) is 1.93. The Morgan fingerprint density at radius 2 is 2.07 bits per heavy atom. The Bertz CT molecular complexity index is 367. The fourth-order valence-electron chi connectivity index (χ4n) is 1.19. The van der Waals surface area contributed by atoms with Crippen molar-refractivity contribution in [2.45, 2.75) is 6.92 Å². The maximum atomic E-state index is 10.7. The molecule has 3 heteroatoms. The van der Waals surface area contributed by atoms with E-state index in [0.29, 0.717) is 16.9 Å². The first kappa shape index (κ1) is 10.3. The summed E-state index contributed by atoms with van der Waals surface area (Å²) in [5.74, 6) is 0.339.